The van der Waals surface area contributed by atoms with Crippen molar-refractivity contribution in [1.29, 1.82) is 0 Å². The molecule has 31 heavy (non-hydrogen) atoms. The third-order valence-corrected chi connectivity index (χ3v) is 5.66. The first-order chi connectivity index (χ1) is 14.8. The van der Waals surface area contributed by atoms with Gasteiger partial charge in [-0.05, 0) is 81.8 Å². The summed E-state index contributed by atoms with van der Waals surface area (Å²) in [5.41, 5.74) is 5.58. The summed E-state index contributed by atoms with van der Waals surface area (Å²) in [6, 6.07) is 13.2. The third-order valence-electron chi connectivity index (χ3n) is 4.10. The number of hydrogen-bond acceptors (Lipinski definition) is 4. The van der Waals surface area contributed by atoms with Crippen LogP contribution in [0.4, 0.5) is 25.8 Å². The number of rotatable bonds is 7. The van der Waals surface area contributed by atoms with Crippen LogP contribution < -0.4 is 20.9 Å². The van der Waals surface area contributed by atoms with Crippen molar-refractivity contribution in [2.45, 2.75) is 6.92 Å². The van der Waals surface area contributed by atoms with Crippen molar-refractivity contribution in [1.82, 2.24) is 5.43 Å². The van der Waals surface area contributed by atoms with E-state index in [0.29, 0.717) is 28.8 Å². The summed E-state index contributed by atoms with van der Waals surface area (Å²) < 4.78 is 35.2. The third kappa shape index (κ3) is 5.58. The number of amides is 1. The minimum Gasteiger partial charge on any atom is -0.492 e. The molecule has 3 rings (SSSR count). The SMILES string of the molecule is CCOc1ccccc1NNC(=O)c1cc(Br)c(F)c(F)c1Nc1ccc(I)cc1Cl. The van der Waals surface area contributed by atoms with E-state index >= 15 is 0 Å². The Hall–Kier alpha value is -2.11. The Kier molecular flexibility index (Phi) is 7.95. The van der Waals surface area contributed by atoms with Gasteiger partial charge in [0.1, 0.15) is 5.75 Å². The second-order valence-corrected chi connectivity index (χ2v) is 8.67. The zero-order valence-corrected chi connectivity index (χ0v) is 20.5. The van der Waals surface area contributed by atoms with Crippen molar-refractivity contribution >= 4 is 73.1 Å². The van der Waals surface area contributed by atoms with Gasteiger partial charge in [0.25, 0.3) is 5.91 Å². The van der Waals surface area contributed by atoms with E-state index in [4.69, 9.17) is 16.3 Å². The molecule has 0 unspecified atom stereocenters. The predicted molar refractivity (Wildman–Crippen MR) is 130 cm³/mol. The quantitative estimate of drug-likeness (QED) is 0.153. The van der Waals surface area contributed by atoms with E-state index in [1.807, 2.05) is 6.92 Å². The Morgan fingerprint density at radius 1 is 1.13 bits per heavy atom. The minimum absolute atomic E-state index is 0.137. The highest BCUT2D eigenvalue weighted by molar-refractivity contribution is 14.1. The maximum absolute atomic E-state index is 14.8. The average Bonchev–Trinajstić information content (AvgIpc) is 2.75. The van der Waals surface area contributed by atoms with Crippen LogP contribution in [0.15, 0.2) is 53.0 Å². The monoisotopic (exact) mass is 621 g/mol. The van der Waals surface area contributed by atoms with E-state index in [1.54, 1.807) is 42.5 Å². The van der Waals surface area contributed by atoms with Crippen LogP contribution in [0.25, 0.3) is 0 Å². The lowest BCUT2D eigenvalue weighted by Gasteiger charge is -2.17. The molecule has 5 nitrogen and oxygen atoms in total. The number of hydrogen-bond donors (Lipinski definition) is 3. The van der Waals surface area contributed by atoms with E-state index in [-0.39, 0.29) is 15.7 Å². The largest absolute Gasteiger partial charge is 0.492 e. The van der Waals surface area contributed by atoms with Gasteiger partial charge < -0.3 is 10.1 Å². The summed E-state index contributed by atoms with van der Waals surface area (Å²) >= 11 is 11.2. The molecular formula is C21H16BrClF2IN3O2. The summed E-state index contributed by atoms with van der Waals surface area (Å²) in [6.45, 7) is 2.27. The molecule has 3 aromatic rings. The highest BCUT2D eigenvalue weighted by atomic mass is 127. The highest BCUT2D eigenvalue weighted by Crippen LogP contribution is 2.34. The van der Waals surface area contributed by atoms with Gasteiger partial charge in [-0.3, -0.25) is 15.6 Å². The summed E-state index contributed by atoms with van der Waals surface area (Å²) in [5, 5.41) is 3.03. The molecule has 3 N–H and O–H groups in total. The van der Waals surface area contributed by atoms with Crippen LogP contribution in [0.3, 0.4) is 0 Å². The van der Waals surface area contributed by atoms with Gasteiger partial charge in [-0.1, -0.05) is 23.7 Å². The summed E-state index contributed by atoms with van der Waals surface area (Å²) in [4.78, 5) is 12.9. The van der Waals surface area contributed by atoms with Crippen LogP contribution in [-0.2, 0) is 0 Å². The van der Waals surface area contributed by atoms with Gasteiger partial charge in [0, 0.05) is 3.57 Å². The van der Waals surface area contributed by atoms with Crippen LogP contribution in [-0.4, -0.2) is 12.5 Å². The van der Waals surface area contributed by atoms with Crippen LogP contribution in [0.1, 0.15) is 17.3 Å². The van der Waals surface area contributed by atoms with Crippen molar-refractivity contribution in [2.24, 2.45) is 0 Å². The maximum atomic E-state index is 14.8. The van der Waals surface area contributed by atoms with E-state index in [0.717, 1.165) is 3.57 Å². The summed E-state index contributed by atoms with van der Waals surface area (Å²) in [5.74, 6) is -2.52. The molecule has 0 fully saturated rings. The molecule has 0 heterocycles. The maximum Gasteiger partial charge on any atom is 0.271 e. The molecule has 1 amide bonds. The standard InChI is InChI=1S/C21H16BrClF2IN3O2/c1-2-31-17-6-4-3-5-16(17)28-29-21(30)12-10-13(22)18(24)19(25)20(12)27-15-8-7-11(26)9-14(15)23/h3-10,27-28H,2H2,1H3,(H,29,30). The number of benzene rings is 3. The van der Waals surface area contributed by atoms with Crippen LogP contribution in [0.5, 0.6) is 5.75 Å². The van der Waals surface area contributed by atoms with E-state index in [2.05, 4.69) is 54.7 Å². The molecular weight excluding hydrogens is 607 g/mol. The second-order valence-electron chi connectivity index (χ2n) is 6.17. The molecule has 0 saturated carbocycles. The second kappa shape index (κ2) is 10.5. The van der Waals surface area contributed by atoms with Crippen LogP contribution in [0.2, 0.25) is 5.02 Å². The van der Waals surface area contributed by atoms with Crippen molar-refractivity contribution in [2.75, 3.05) is 17.3 Å². The molecule has 0 radical (unpaired) electrons. The molecule has 3 aromatic carbocycles. The van der Waals surface area contributed by atoms with E-state index in [9.17, 15) is 13.6 Å². The lowest BCUT2D eigenvalue weighted by molar-refractivity contribution is 0.0963. The number of hydrazine groups is 1. The number of para-hydroxylation sites is 2. The normalized spacial score (nSPS) is 10.5. The first-order valence-electron chi connectivity index (χ1n) is 8.99. The average molecular weight is 623 g/mol. The number of anilines is 3. The highest BCUT2D eigenvalue weighted by Gasteiger charge is 2.23. The molecule has 0 atom stereocenters. The van der Waals surface area contributed by atoms with Gasteiger partial charge in [0.15, 0.2) is 11.6 Å². The van der Waals surface area contributed by atoms with Crippen molar-refractivity contribution < 1.29 is 18.3 Å². The zero-order chi connectivity index (χ0) is 22.5. The Balaban J connectivity index is 1.92. The van der Waals surface area contributed by atoms with Crippen molar-refractivity contribution in [3.05, 3.63) is 78.8 Å². The number of halogens is 5. The van der Waals surface area contributed by atoms with E-state index < -0.39 is 17.5 Å². The Labute approximate surface area is 204 Å². The molecule has 0 saturated heterocycles. The predicted octanol–water partition coefficient (Wildman–Crippen LogP) is 6.88. The topological polar surface area (TPSA) is 62.4 Å². The number of nitrogens with one attached hydrogen (secondary N) is 3. The smallest absolute Gasteiger partial charge is 0.271 e. The van der Waals surface area contributed by atoms with Gasteiger partial charge in [0.2, 0.25) is 0 Å². The molecule has 0 bridgehead atoms. The molecule has 0 aromatic heterocycles. The van der Waals surface area contributed by atoms with E-state index in [1.165, 1.54) is 6.07 Å². The fraction of sp³-hybridized carbons (Fsp3) is 0.0952. The molecule has 0 spiro atoms. The fourth-order valence-electron chi connectivity index (χ4n) is 2.66. The van der Waals surface area contributed by atoms with Gasteiger partial charge in [0.05, 0.1) is 38.7 Å². The van der Waals surface area contributed by atoms with Gasteiger partial charge in [-0.2, -0.15) is 0 Å². The molecule has 0 aliphatic rings. The molecule has 0 aliphatic carbocycles. The van der Waals surface area contributed by atoms with Crippen molar-refractivity contribution in [3.8, 4) is 5.75 Å². The van der Waals surface area contributed by atoms with Crippen LogP contribution in [0, 0.1) is 15.2 Å². The van der Waals surface area contributed by atoms with Gasteiger partial charge in [-0.25, -0.2) is 8.78 Å². The molecule has 162 valence electrons. The lowest BCUT2D eigenvalue weighted by atomic mass is 10.1. The molecule has 10 heteroatoms. The number of ether oxygens (including phenoxy) is 1. The van der Waals surface area contributed by atoms with Gasteiger partial charge >= 0.3 is 0 Å². The van der Waals surface area contributed by atoms with Crippen molar-refractivity contribution in [3.63, 3.8) is 0 Å². The number of carbonyl (C=O) groups excluding carboxylic acids is 1. The molecule has 0 aliphatic heterocycles. The summed E-state index contributed by atoms with van der Waals surface area (Å²) in [6.07, 6.45) is 0. The minimum atomic E-state index is -1.22. The first kappa shape index (κ1) is 23.6. The first-order valence-corrected chi connectivity index (χ1v) is 11.2. The Morgan fingerprint density at radius 2 is 1.87 bits per heavy atom. The fourth-order valence-corrected chi connectivity index (χ4v) is 3.97. The Morgan fingerprint density at radius 3 is 2.58 bits per heavy atom. The zero-order valence-electron chi connectivity index (χ0n) is 16.0. The Bertz CT molecular complexity index is 1130. The number of carbonyl (C=O) groups is 1. The lowest BCUT2D eigenvalue weighted by Crippen LogP contribution is -2.30. The summed E-state index contributed by atoms with van der Waals surface area (Å²) in [7, 11) is 0. The van der Waals surface area contributed by atoms with Crippen LogP contribution >= 0.6 is 50.1 Å². The van der Waals surface area contributed by atoms with Gasteiger partial charge in [-0.15, -0.1) is 0 Å².